The molecule has 0 radical (unpaired) electrons. The lowest BCUT2D eigenvalue weighted by Gasteiger charge is -2.10. The van der Waals surface area contributed by atoms with E-state index in [1.54, 1.807) is 16.2 Å². The summed E-state index contributed by atoms with van der Waals surface area (Å²) in [5.74, 6) is 0.0566. The standard InChI is InChI=1S/C11H8BrClN2OS2/c12-7-1-2-17-10(7)8-5-18-11(14-8)15-4-6(13)3-9(15)16/h1-2,5-6H,3-4H2. The molecule has 1 saturated heterocycles. The van der Waals surface area contributed by atoms with Crippen molar-refractivity contribution in [2.75, 3.05) is 11.4 Å². The first-order valence-electron chi connectivity index (χ1n) is 5.28. The lowest BCUT2D eigenvalue weighted by Crippen LogP contribution is -2.24. The molecule has 7 heteroatoms. The number of carbonyl (C=O) groups is 1. The van der Waals surface area contributed by atoms with E-state index in [1.165, 1.54) is 11.3 Å². The Morgan fingerprint density at radius 2 is 2.33 bits per heavy atom. The molecule has 1 aliphatic rings. The minimum absolute atomic E-state index is 0.0566. The van der Waals surface area contributed by atoms with Crippen molar-refractivity contribution in [1.82, 2.24) is 4.98 Å². The Bertz CT molecular complexity index is 597. The average molecular weight is 364 g/mol. The second-order valence-corrected chi connectivity index (χ2v) is 7.14. The molecule has 3 nitrogen and oxygen atoms in total. The van der Waals surface area contributed by atoms with Crippen LogP contribution in [0.3, 0.4) is 0 Å². The Balaban J connectivity index is 1.91. The van der Waals surface area contributed by atoms with Crippen LogP contribution >= 0.6 is 50.2 Å². The van der Waals surface area contributed by atoms with Crippen LogP contribution in [0.5, 0.6) is 0 Å². The summed E-state index contributed by atoms with van der Waals surface area (Å²) < 4.78 is 1.03. The predicted octanol–water partition coefficient (Wildman–Crippen LogP) is 3.98. The van der Waals surface area contributed by atoms with Crippen molar-refractivity contribution in [2.45, 2.75) is 11.8 Å². The third-order valence-corrected chi connectivity index (χ3v) is 5.67. The molecule has 18 heavy (non-hydrogen) atoms. The zero-order valence-corrected chi connectivity index (χ0v) is 13.1. The van der Waals surface area contributed by atoms with Crippen LogP contribution in [-0.4, -0.2) is 22.8 Å². The largest absolute Gasteiger partial charge is 0.287 e. The molecule has 2 aromatic rings. The highest BCUT2D eigenvalue weighted by Crippen LogP contribution is 2.37. The topological polar surface area (TPSA) is 33.2 Å². The van der Waals surface area contributed by atoms with Gasteiger partial charge in [0.1, 0.15) is 0 Å². The number of amides is 1. The van der Waals surface area contributed by atoms with Gasteiger partial charge in [-0.15, -0.1) is 34.3 Å². The average Bonchev–Trinajstić information content (AvgIpc) is 2.98. The number of anilines is 1. The number of alkyl halides is 1. The van der Waals surface area contributed by atoms with Crippen molar-refractivity contribution in [1.29, 1.82) is 0 Å². The molecule has 1 aliphatic heterocycles. The molecule has 94 valence electrons. The normalized spacial score (nSPS) is 19.8. The summed E-state index contributed by atoms with van der Waals surface area (Å²) in [6.45, 7) is 0.555. The summed E-state index contributed by atoms with van der Waals surface area (Å²) in [5.41, 5.74) is 0.905. The van der Waals surface area contributed by atoms with Crippen LogP contribution in [0.25, 0.3) is 10.6 Å². The van der Waals surface area contributed by atoms with Crippen molar-refractivity contribution >= 4 is 61.2 Å². The van der Waals surface area contributed by atoms with Gasteiger partial charge in [-0.25, -0.2) is 4.98 Å². The lowest BCUT2D eigenvalue weighted by molar-refractivity contribution is -0.117. The fourth-order valence-corrected chi connectivity index (χ4v) is 4.54. The van der Waals surface area contributed by atoms with Gasteiger partial charge >= 0.3 is 0 Å². The summed E-state index contributed by atoms with van der Waals surface area (Å²) in [7, 11) is 0. The minimum Gasteiger partial charge on any atom is -0.287 e. The van der Waals surface area contributed by atoms with Crippen molar-refractivity contribution in [3.05, 3.63) is 21.3 Å². The van der Waals surface area contributed by atoms with E-state index in [9.17, 15) is 4.79 Å². The molecule has 0 N–H and O–H groups in total. The van der Waals surface area contributed by atoms with Gasteiger partial charge in [0, 0.05) is 22.8 Å². The highest BCUT2D eigenvalue weighted by molar-refractivity contribution is 9.10. The van der Waals surface area contributed by atoms with Crippen molar-refractivity contribution in [3.8, 4) is 10.6 Å². The molecular weight excluding hydrogens is 356 g/mol. The maximum absolute atomic E-state index is 11.7. The Morgan fingerprint density at radius 3 is 2.94 bits per heavy atom. The number of thiophene rings is 1. The molecule has 3 heterocycles. The van der Waals surface area contributed by atoms with Gasteiger partial charge in [-0.05, 0) is 27.4 Å². The Hall–Kier alpha value is -0.430. The predicted molar refractivity (Wildman–Crippen MR) is 79.7 cm³/mol. The minimum atomic E-state index is -0.0988. The first-order chi connectivity index (χ1) is 8.65. The monoisotopic (exact) mass is 362 g/mol. The molecule has 0 saturated carbocycles. The molecule has 0 spiro atoms. The van der Waals surface area contributed by atoms with E-state index in [4.69, 9.17) is 11.6 Å². The number of aromatic nitrogens is 1. The molecule has 1 amide bonds. The maximum Gasteiger partial charge on any atom is 0.230 e. The Labute approximate surface area is 126 Å². The molecule has 0 bridgehead atoms. The van der Waals surface area contributed by atoms with Crippen LogP contribution in [0.2, 0.25) is 0 Å². The van der Waals surface area contributed by atoms with Crippen LogP contribution in [0, 0.1) is 0 Å². The van der Waals surface area contributed by atoms with E-state index < -0.39 is 0 Å². The fourth-order valence-electron chi connectivity index (χ4n) is 1.82. The third-order valence-electron chi connectivity index (χ3n) is 2.65. The second-order valence-electron chi connectivity index (χ2n) is 3.92. The first-order valence-corrected chi connectivity index (χ1v) is 8.27. The van der Waals surface area contributed by atoms with E-state index in [1.807, 2.05) is 16.8 Å². The summed E-state index contributed by atoms with van der Waals surface area (Å²) in [5, 5.41) is 4.62. The first kappa shape index (κ1) is 12.6. The van der Waals surface area contributed by atoms with E-state index in [-0.39, 0.29) is 11.3 Å². The number of rotatable bonds is 2. The van der Waals surface area contributed by atoms with Crippen LogP contribution in [0.4, 0.5) is 5.13 Å². The van der Waals surface area contributed by atoms with Crippen molar-refractivity contribution < 1.29 is 4.79 Å². The lowest BCUT2D eigenvalue weighted by atomic mass is 10.4. The van der Waals surface area contributed by atoms with Gasteiger partial charge in [-0.3, -0.25) is 9.69 Å². The second kappa shape index (κ2) is 4.92. The Morgan fingerprint density at radius 1 is 1.50 bits per heavy atom. The number of nitrogens with zero attached hydrogens (tertiary/aromatic N) is 2. The summed E-state index contributed by atoms with van der Waals surface area (Å²) >= 11 is 12.6. The van der Waals surface area contributed by atoms with E-state index in [0.29, 0.717) is 13.0 Å². The van der Waals surface area contributed by atoms with E-state index >= 15 is 0 Å². The van der Waals surface area contributed by atoms with Gasteiger partial charge in [0.2, 0.25) is 5.91 Å². The number of carbonyl (C=O) groups excluding carboxylic acids is 1. The van der Waals surface area contributed by atoms with Crippen LogP contribution in [0.1, 0.15) is 6.42 Å². The molecule has 1 atom stereocenters. The number of hydrogen-bond acceptors (Lipinski definition) is 4. The summed E-state index contributed by atoms with van der Waals surface area (Å²) in [4.78, 5) is 19.0. The van der Waals surface area contributed by atoms with E-state index in [0.717, 1.165) is 20.2 Å². The molecule has 1 unspecified atom stereocenters. The summed E-state index contributed by atoms with van der Waals surface area (Å²) in [6.07, 6.45) is 0.402. The molecular formula is C11H8BrClN2OS2. The SMILES string of the molecule is O=C1CC(Cl)CN1c1nc(-c2sccc2Br)cs1. The molecule has 1 fully saturated rings. The van der Waals surface area contributed by atoms with Crippen LogP contribution in [0.15, 0.2) is 21.3 Å². The molecule has 3 rings (SSSR count). The van der Waals surface area contributed by atoms with E-state index in [2.05, 4.69) is 20.9 Å². The smallest absolute Gasteiger partial charge is 0.230 e. The van der Waals surface area contributed by atoms with Crippen LogP contribution in [-0.2, 0) is 4.79 Å². The van der Waals surface area contributed by atoms with Gasteiger partial charge in [-0.1, -0.05) is 0 Å². The highest BCUT2D eigenvalue weighted by atomic mass is 79.9. The van der Waals surface area contributed by atoms with Gasteiger partial charge in [0.25, 0.3) is 0 Å². The molecule has 0 aliphatic carbocycles. The van der Waals surface area contributed by atoms with Gasteiger partial charge in [-0.2, -0.15) is 0 Å². The zero-order valence-electron chi connectivity index (χ0n) is 9.10. The fraction of sp³-hybridized carbons (Fsp3) is 0.273. The molecule has 0 aromatic carbocycles. The van der Waals surface area contributed by atoms with Gasteiger partial charge in [0.15, 0.2) is 5.13 Å². The van der Waals surface area contributed by atoms with Crippen LogP contribution < -0.4 is 4.90 Å². The quantitative estimate of drug-likeness (QED) is 0.756. The number of thiazole rings is 1. The van der Waals surface area contributed by atoms with Gasteiger partial charge < -0.3 is 0 Å². The highest BCUT2D eigenvalue weighted by Gasteiger charge is 2.31. The summed E-state index contributed by atoms with van der Waals surface area (Å²) in [6, 6.07) is 1.99. The third kappa shape index (κ3) is 2.22. The maximum atomic E-state index is 11.7. The number of halogens is 2. The van der Waals surface area contributed by atoms with Crippen molar-refractivity contribution in [2.24, 2.45) is 0 Å². The van der Waals surface area contributed by atoms with Crippen molar-refractivity contribution in [3.63, 3.8) is 0 Å². The zero-order chi connectivity index (χ0) is 12.7. The number of hydrogen-bond donors (Lipinski definition) is 0. The molecule has 2 aromatic heterocycles. The van der Waals surface area contributed by atoms with Gasteiger partial charge in [0.05, 0.1) is 15.9 Å². The Kier molecular flexibility index (Phi) is 3.44.